The fourth-order valence-corrected chi connectivity index (χ4v) is 1.92. The fraction of sp³-hybridized carbons (Fsp3) is 1.00. The van der Waals surface area contributed by atoms with E-state index in [1.807, 2.05) is 27.7 Å². The average Bonchev–Trinajstić information content (AvgIpc) is 2.39. The van der Waals surface area contributed by atoms with Crippen molar-refractivity contribution < 1.29 is 18.9 Å². The summed E-state index contributed by atoms with van der Waals surface area (Å²) in [7, 11) is 0. The van der Waals surface area contributed by atoms with Crippen LogP contribution < -0.4 is 0 Å². The van der Waals surface area contributed by atoms with Crippen LogP contribution in [0.1, 0.15) is 68.7 Å². The molecule has 0 aliphatic heterocycles. The molecule has 134 valence electrons. The summed E-state index contributed by atoms with van der Waals surface area (Å²) in [6.07, 6.45) is 0.818. The molecule has 0 N–H and O–H groups in total. The number of rotatable bonds is 12. The van der Waals surface area contributed by atoms with E-state index >= 15 is 0 Å². The van der Waals surface area contributed by atoms with Gasteiger partial charge in [0.05, 0.1) is 24.9 Å². The second-order valence-electron chi connectivity index (χ2n) is 7.09. The van der Waals surface area contributed by atoms with Gasteiger partial charge in [0.25, 0.3) is 0 Å². The molecule has 0 saturated heterocycles. The third-order valence-corrected chi connectivity index (χ3v) is 3.13. The zero-order valence-electron chi connectivity index (χ0n) is 16.1. The van der Waals surface area contributed by atoms with E-state index in [4.69, 9.17) is 18.9 Å². The van der Waals surface area contributed by atoms with Crippen LogP contribution >= 0.6 is 0 Å². The summed E-state index contributed by atoms with van der Waals surface area (Å²) in [5.74, 6) is 0.622. The van der Waals surface area contributed by atoms with Crippen LogP contribution in [0, 0.1) is 11.8 Å². The van der Waals surface area contributed by atoms with Crippen molar-refractivity contribution in [3.05, 3.63) is 0 Å². The molecule has 4 nitrogen and oxygen atoms in total. The van der Waals surface area contributed by atoms with Crippen molar-refractivity contribution >= 4 is 0 Å². The minimum Gasteiger partial charge on any atom is -0.350 e. The molecule has 0 amide bonds. The maximum Gasteiger partial charge on any atom is 0.160 e. The van der Waals surface area contributed by atoms with E-state index < -0.39 is 0 Å². The van der Waals surface area contributed by atoms with E-state index in [9.17, 15) is 0 Å². The Labute approximate surface area is 137 Å². The maximum atomic E-state index is 6.10. The molecule has 0 rings (SSSR count). The van der Waals surface area contributed by atoms with Crippen LogP contribution in [0.15, 0.2) is 0 Å². The van der Waals surface area contributed by atoms with Crippen LogP contribution in [0.4, 0.5) is 0 Å². The van der Waals surface area contributed by atoms with Gasteiger partial charge in [-0.25, -0.2) is 0 Å². The van der Waals surface area contributed by atoms with Crippen LogP contribution in [-0.2, 0) is 18.9 Å². The molecule has 0 radical (unpaired) electrons. The molecule has 0 aromatic carbocycles. The van der Waals surface area contributed by atoms with Gasteiger partial charge in [0, 0.05) is 11.8 Å². The molecule has 22 heavy (non-hydrogen) atoms. The minimum atomic E-state index is -0.197. The Morgan fingerprint density at radius 1 is 0.636 bits per heavy atom. The van der Waals surface area contributed by atoms with Gasteiger partial charge in [0.2, 0.25) is 0 Å². The van der Waals surface area contributed by atoms with Crippen molar-refractivity contribution in [3.63, 3.8) is 0 Å². The van der Waals surface area contributed by atoms with Crippen molar-refractivity contribution in [2.24, 2.45) is 11.8 Å². The molecule has 0 bridgehead atoms. The van der Waals surface area contributed by atoms with Crippen molar-refractivity contribution in [2.75, 3.05) is 6.61 Å². The van der Waals surface area contributed by atoms with Gasteiger partial charge < -0.3 is 18.9 Å². The molecular formula is C18H38O4. The molecule has 3 atom stereocenters. The van der Waals surface area contributed by atoms with Crippen molar-refractivity contribution in [3.8, 4) is 0 Å². The normalized spacial score (nSPS) is 16.8. The van der Waals surface area contributed by atoms with Crippen LogP contribution in [-0.4, -0.2) is 37.5 Å². The predicted molar refractivity (Wildman–Crippen MR) is 90.8 cm³/mol. The van der Waals surface area contributed by atoms with E-state index in [1.165, 1.54) is 0 Å². The lowest BCUT2D eigenvalue weighted by atomic mass is 10.2. The Kier molecular flexibility index (Phi) is 11.3. The summed E-state index contributed by atoms with van der Waals surface area (Å²) in [5, 5.41) is 0. The third-order valence-electron chi connectivity index (χ3n) is 3.13. The first-order valence-corrected chi connectivity index (χ1v) is 8.75. The van der Waals surface area contributed by atoms with Crippen LogP contribution in [0.5, 0.6) is 0 Å². The maximum absolute atomic E-state index is 6.10. The van der Waals surface area contributed by atoms with Crippen LogP contribution in [0.3, 0.4) is 0 Å². The lowest BCUT2D eigenvalue weighted by molar-refractivity contribution is -0.241. The van der Waals surface area contributed by atoms with Gasteiger partial charge >= 0.3 is 0 Å². The topological polar surface area (TPSA) is 36.9 Å². The van der Waals surface area contributed by atoms with Crippen molar-refractivity contribution in [2.45, 2.75) is 99.6 Å². The van der Waals surface area contributed by atoms with Gasteiger partial charge in [-0.05, 0) is 34.1 Å². The first-order chi connectivity index (χ1) is 10.2. The summed E-state index contributed by atoms with van der Waals surface area (Å²) in [6.45, 7) is 19.2. The summed E-state index contributed by atoms with van der Waals surface area (Å²) in [4.78, 5) is 0. The van der Waals surface area contributed by atoms with E-state index in [0.717, 1.165) is 6.42 Å². The van der Waals surface area contributed by atoms with Gasteiger partial charge in [-0.15, -0.1) is 0 Å². The lowest BCUT2D eigenvalue weighted by Crippen LogP contribution is -2.36. The van der Waals surface area contributed by atoms with Gasteiger partial charge in [-0.2, -0.15) is 0 Å². The van der Waals surface area contributed by atoms with Gasteiger partial charge in [-0.1, -0.05) is 34.6 Å². The standard InChI is InChI=1S/C18H38O4/c1-10-16(22-18(13(4)5)21-15(8)9)11-19-17(12(2)3)20-14(6)7/h12-18H,10-11H2,1-9H3. The first kappa shape index (κ1) is 21.8. The molecule has 0 aliphatic carbocycles. The number of hydrogen-bond donors (Lipinski definition) is 0. The zero-order valence-corrected chi connectivity index (χ0v) is 16.1. The van der Waals surface area contributed by atoms with E-state index in [1.54, 1.807) is 0 Å². The monoisotopic (exact) mass is 318 g/mol. The fourth-order valence-electron chi connectivity index (χ4n) is 1.92. The molecule has 4 heteroatoms. The second kappa shape index (κ2) is 11.4. The van der Waals surface area contributed by atoms with Crippen molar-refractivity contribution in [1.82, 2.24) is 0 Å². The minimum absolute atomic E-state index is 0.0168. The van der Waals surface area contributed by atoms with Crippen LogP contribution in [0.25, 0.3) is 0 Å². The quantitative estimate of drug-likeness (QED) is 0.492. The Morgan fingerprint density at radius 3 is 1.45 bits per heavy atom. The summed E-state index contributed by atoms with van der Waals surface area (Å²) < 4.78 is 23.7. The molecule has 3 unspecified atom stereocenters. The molecule has 0 aromatic rings. The highest BCUT2D eigenvalue weighted by molar-refractivity contribution is 4.62. The number of ether oxygens (including phenoxy) is 4. The Hall–Kier alpha value is -0.160. The first-order valence-electron chi connectivity index (χ1n) is 8.75. The summed E-state index contributed by atoms with van der Waals surface area (Å²) in [5.41, 5.74) is 0. The third kappa shape index (κ3) is 9.78. The van der Waals surface area contributed by atoms with Crippen molar-refractivity contribution in [1.29, 1.82) is 0 Å². The Morgan fingerprint density at radius 2 is 1.09 bits per heavy atom. The summed E-state index contributed by atoms with van der Waals surface area (Å²) in [6, 6.07) is 0. The van der Waals surface area contributed by atoms with Crippen LogP contribution in [0.2, 0.25) is 0 Å². The Bertz CT molecular complexity index is 264. The van der Waals surface area contributed by atoms with E-state index in [-0.39, 0.29) is 30.9 Å². The molecule has 0 heterocycles. The van der Waals surface area contributed by atoms with Gasteiger partial charge in [0.1, 0.15) is 0 Å². The molecule has 0 spiro atoms. The lowest BCUT2D eigenvalue weighted by Gasteiger charge is -2.30. The average molecular weight is 318 g/mol. The highest BCUT2D eigenvalue weighted by Gasteiger charge is 2.23. The highest BCUT2D eigenvalue weighted by Crippen LogP contribution is 2.17. The predicted octanol–water partition coefficient (Wildman–Crippen LogP) is 4.61. The molecule has 0 aromatic heterocycles. The summed E-state index contributed by atoms with van der Waals surface area (Å²) >= 11 is 0. The molecule has 0 fully saturated rings. The van der Waals surface area contributed by atoms with E-state index in [2.05, 4.69) is 34.6 Å². The highest BCUT2D eigenvalue weighted by atomic mass is 16.7. The van der Waals surface area contributed by atoms with Gasteiger partial charge in [-0.3, -0.25) is 0 Å². The molecule has 0 saturated carbocycles. The SMILES string of the molecule is CCC(COC(OC(C)C)C(C)C)OC(OC(C)C)C(C)C. The number of hydrogen-bond acceptors (Lipinski definition) is 4. The molecule has 0 aliphatic rings. The second-order valence-corrected chi connectivity index (χ2v) is 7.09. The zero-order chi connectivity index (χ0) is 17.3. The largest absolute Gasteiger partial charge is 0.350 e. The van der Waals surface area contributed by atoms with E-state index in [0.29, 0.717) is 18.4 Å². The molecular weight excluding hydrogens is 280 g/mol. The smallest absolute Gasteiger partial charge is 0.160 e. The van der Waals surface area contributed by atoms with Gasteiger partial charge in [0.15, 0.2) is 12.6 Å². The Balaban J connectivity index is 4.49.